The first-order chi connectivity index (χ1) is 23.9. The largest absolute Gasteiger partial charge is 0.496 e. The molecule has 3 aromatic rings. The summed E-state index contributed by atoms with van der Waals surface area (Å²) in [6.07, 6.45) is 2.12. The van der Waals surface area contributed by atoms with Crippen LogP contribution in [0, 0.1) is 5.92 Å². The van der Waals surface area contributed by atoms with E-state index in [4.69, 9.17) is 36.3 Å². The molecule has 3 aromatic carbocycles. The van der Waals surface area contributed by atoms with E-state index < -0.39 is 42.3 Å². The van der Waals surface area contributed by atoms with Gasteiger partial charge in [0, 0.05) is 29.4 Å². The summed E-state index contributed by atoms with van der Waals surface area (Å²) < 4.78 is 22.2. The van der Waals surface area contributed by atoms with Crippen molar-refractivity contribution in [1.82, 2.24) is 15.1 Å². The number of unbranched alkanes of at least 4 members (excludes halogenated alkanes) is 1. The van der Waals surface area contributed by atoms with E-state index in [2.05, 4.69) is 5.32 Å². The molecule has 1 saturated heterocycles. The summed E-state index contributed by atoms with van der Waals surface area (Å²) >= 11 is 6.33. The number of halogens is 1. The van der Waals surface area contributed by atoms with Crippen molar-refractivity contribution in [2.24, 2.45) is 5.92 Å². The number of methoxy groups -OCH3 is 4. The second-order valence-corrected chi connectivity index (χ2v) is 12.3. The lowest BCUT2D eigenvalue weighted by Crippen LogP contribution is -2.48. The van der Waals surface area contributed by atoms with E-state index in [9.17, 15) is 24.3 Å². The molecule has 2 atom stereocenters. The Bertz CT molecular complexity index is 1710. The van der Waals surface area contributed by atoms with Crippen molar-refractivity contribution in [3.63, 3.8) is 0 Å². The van der Waals surface area contributed by atoms with Crippen LogP contribution in [0.2, 0.25) is 5.02 Å². The van der Waals surface area contributed by atoms with E-state index in [0.29, 0.717) is 51.1 Å². The van der Waals surface area contributed by atoms with E-state index in [1.165, 1.54) is 45.5 Å². The molecule has 4 amide bonds. The van der Waals surface area contributed by atoms with E-state index >= 15 is 0 Å². The van der Waals surface area contributed by atoms with Crippen molar-refractivity contribution in [3.8, 4) is 23.0 Å². The van der Waals surface area contributed by atoms with Crippen LogP contribution in [0.15, 0.2) is 48.5 Å². The van der Waals surface area contributed by atoms with Gasteiger partial charge in [-0.15, -0.1) is 0 Å². The number of carbonyl (C=O) groups excluding carboxylic acids is 3. The zero-order valence-electron chi connectivity index (χ0n) is 28.8. The highest BCUT2D eigenvalue weighted by Gasteiger charge is 2.39. The maximum absolute atomic E-state index is 14.3. The molecular weight excluding hydrogens is 668 g/mol. The number of nitrogens with zero attached hydrogens (tertiary/aromatic N) is 2. The Balaban J connectivity index is 1.72. The quantitative estimate of drug-likeness (QED) is 0.186. The zero-order valence-corrected chi connectivity index (χ0v) is 29.5. The van der Waals surface area contributed by atoms with E-state index in [-0.39, 0.29) is 30.8 Å². The number of anilines is 1. The van der Waals surface area contributed by atoms with Gasteiger partial charge >= 0.3 is 12.0 Å². The Morgan fingerprint density at radius 2 is 1.66 bits per heavy atom. The fourth-order valence-electron chi connectivity index (χ4n) is 6.00. The minimum atomic E-state index is -1.17. The van der Waals surface area contributed by atoms with Gasteiger partial charge in [-0.05, 0) is 54.3 Å². The number of carboxylic acid groups (broad SMARTS) is 1. The predicted octanol–water partition coefficient (Wildman–Crippen LogP) is 5.33. The normalized spacial score (nSPS) is 15.3. The topological polar surface area (TPSA) is 170 Å². The molecule has 0 unspecified atom stereocenters. The van der Waals surface area contributed by atoms with Crippen molar-refractivity contribution in [2.45, 2.75) is 45.2 Å². The van der Waals surface area contributed by atoms with Gasteiger partial charge in [-0.1, -0.05) is 37.4 Å². The van der Waals surface area contributed by atoms with Crippen LogP contribution < -0.4 is 30.0 Å². The third-order valence-electron chi connectivity index (χ3n) is 8.67. The third kappa shape index (κ3) is 8.70. The number of imide groups is 1. The highest BCUT2D eigenvalue weighted by molar-refractivity contribution is 6.30. The first-order valence-electron chi connectivity index (χ1n) is 16.1. The Hall–Kier alpha value is -5.17. The fourth-order valence-corrected chi connectivity index (χ4v) is 6.20. The molecule has 0 aliphatic carbocycles. The number of nitrogen functional groups attached to an aromatic ring is 1. The second kappa shape index (κ2) is 17.0. The van der Waals surface area contributed by atoms with Crippen LogP contribution in [-0.4, -0.2) is 80.2 Å². The molecule has 1 aliphatic rings. The van der Waals surface area contributed by atoms with Crippen LogP contribution in [0.4, 0.5) is 10.5 Å². The number of carboxylic acids is 1. The van der Waals surface area contributed by atoms with E-state index in [1.54, 1.807) is 36.4 Å². The van der Waals surface area contributed by atoms with Gasteiger partial charge < -0.3 is 40.0 Å². The number of hydrogen-bond donors (Lipinski definition) is 3. The summed E-state index contributed by atoms with van der Waals surface area (Å²) in [5.74, 6) is -1.27. The molecule has 1 aliphatic heterocycles. The first-order valence-corrected chi connectivity index (χ1v) is 16.5. The smallest absolute Gasteiger partial charge is 0.337 e. The third-order valence-corrected chi connectivity index (χ3v) is 8.91. The number of nitrogens with one attached hydrogen (secondary N) is 1. The van der Waals surface area contributed by atoms with Crippen molar-refractivity contribution < 1.29 is 43.2 Å². The Labute approximate surface area is 296 Å². The van der Waals surface area contributed by atoms with E-state index in [1.807, 2.05) is 6.92 Å². The van der Waals surface area contributed by atoms with Gasteiger partial charge in [0.2, 0.25) is 11.8 Å². The van der Waals surface area contributed by atoms with Crippen LogP contribution in [0.25, 0.3) is 0 Å². The minimum Gasteiger partial charge on any atom is -0.496 e. The number of amides is 4. The molecule has 0 bridgehead atoms. The number of hydrogen-bond acceptors (Lipinski definition) is 9. The molecule has 4 rings (SSSR count). The summed E-state index contributed by atoms with van der Waals surface area (Å²) in [5, 5.41) is 12.8. The molecule has 4 N–H and O–H groups in total. The summed E-state index contributed by atoms with van der Waals surface area (Å²) in [4.78, 5) is 56.3. The van der Waals surface area contributed by atoms with Crippen molar-refractivity contribution >= 4 is 41.1 Å². The fraction of sp³-hybridized carbons (Fsp3) is 0.389. The van der Waals surface area contributed by atoms with Gasteiger partial charge in [0.15, 0.2) is 0 Å². The van der Waals surface area contributed by atoms with Crippen LogP contribution in [-0.2, 0) is 22.6 Å². The van der Waals surface area contributed by atoms with Gasteiger partial charge in [-0.2, -0.15) is 0 Å². The molecule has 268 valence electrons. The van der Waals surface area contributed by atoms with Crippen molar-refractivity contribution in [2.75, 3.05) is 47.3 Å². The molecule has 0 radical (unpaired) electrons. The molecule has 50 heavy (non-hydrogen) atoms. The number of aromatic carboxylic acids is 1. The zero-order chi connectivity index (χ0) is 36.5. The Kier molecular flexibility index (Phi) is 12.8. The van der Waals surface area contributed by atoms with Crippen molar-refractivity contribution in [1.29, 1.82) is 0 Å². The number of nitrogens with two attached hydrogens (primary N) is 1. The van der Waals surface area contributed by atoms with Crippen LogP contribution in [0.1, 0.15) is 59.3 Å². The summed E-state index contributed by atoms with van der Waals surface area (Å²) in [6.45, 7) is 1.43. The molecule has 1 fully saturated rings. The van der Waals surface area contributed by atoms with Gasteiger partial charge in [0.25, 0.3) is 0 Å². The number of rotatable bonds is 14. The van der Waals surface area contributed by atoms with Gasteiger partial charge in [-0.3, -0.25) is 14.5 Å². The highest BCUT2D eigenvalue weighted by atomic mass is 35.5. The number of ether oxygens (including phenoxy) is 4. The number of urea groups is 1. The SMILES string of the molecule is CCCC[C@H](NC(=O)N1CC(=O)N(Cc2c(OC)cc(OC)cc2OC)C[C@H](Cc2cc(Cl)ccc2OC)C1=O)c1ccc(C(=O)O)c(N)c1. The number of carbonyl (C=O) groups is 4. The number of benzene rings is 3. The van der Waals surface area contributed by atoms with E-state index in [0.717, 1.165) is 17.7 Å². The molecule has 0 saturated carbocycles. The maximum atomic E-state index is 14.3. The summed E-state index contributed by atoms with van der Waals surface area (Å²) in [6, 6.07) is 11.5. The average molecular weight is 711 g/mol. The Morgan fingerprint density at radius 3 is 2.24 bits per heavy atom. The molecule has 1 heterocycles. The lowest BCUT2D eigenvalue weighted by molar-refractivity contribution is -0.135. The molecule has 0 aromatic heterocycles. The van der Waals surface area contributed by atoms with Crippen LogP contribution in [0.5, 0.6) is 23.0 Å². The lowest BCUT2D eigenvalue weighted by atomic mass is 9.96. The highest BCUT2D eigenvalue weighted by Crippen LogP contribution is 2.36. The standard InChI is InChI=1S/C36H43ClN4O9/c1-6-7-8-29(21-9-11-26(35(44)45)28(38)15-21)39-36(46)41-20-33(42)40(19-27-31(49-4)16-25(47-2)17-32(27)50-5)18-23(34(41)43)13-22-14-24(37)10-12-30(22)48-3/h9-12,14-17,23,29H,6-8,13,18-20,38H2,1-5H3,(H,39,46)(H,44,45)/t23-,29-/m0/s1. The van der Waals surface area contributed by atoms with Gasteiger partial charge in [0.1, 0.15) is 29.5 Å². The average Bonchev–Trinajstić information content (AvgIpc) is 3.21. The Morgan fingerprint density at radius 1 is 0.980 bits per heavy atom. The molecular formula is C36H43ClN4O9. The summed E-state index contributed by atoms with van der Waals surface area (Å²) in [5.41, 5.74) is 7.76. The molecule has 0 spiro atoms. The van der Waals surface area contributed by atoms with Crippen molar-refractivity contribution in [3.05, 3.63) is 75.8 Å². The van der Waals surface area contributed by atoms with Gasteiger partial charge in [-0.25, -0.2) is 9.59 Å². The lowest BCUT2D eigenvalue weighted by Gasteiger charge is -2.26. The predicted molar refractivity (Wildman–Crippen MR) is 187 cm³/mol. The summed E-state index contributed by atoms with van der Waals surface area (Å²) in [7, 11) is 6.00. The second-order valence-electron chi connectivity index (χ2n) is 11.9. The van der Waals surface area contributed by atoms with Crippen LogP contribution in [0.3, 0.4) is 0 Å². The maximum Gasteiger partial charge on any atom is 0.337 e. The molecule has 13 nitrogen and oxygen atoms in total. The molecule has 14 heteroatoms. The monoisotopic (exact) mass is 710 g/mol. The van der Waals surface area contributed by atoms with Crippen LogP contribution >= 0.6 is 11.6 Å². The van der Waals surface area contributed by atoms with Gasteiger partial charge in [0.05, 0.1) is 58.1 Å². The first kappa shape index (κ1) is 37.6. The minimum absolute atomic E-state index is 0.00935.